The lowest BCUT2D eigenvalue weighted by Crippen LogP contribution is -2.43. The summed E-state index contributed by atoms with van der Waals surface area (Å²) in [6.45, 7) is 22.8. The normalized spacial score (nSPS) is 18.0. The van der Waals surface area contributed by atoms with Crippen LogP contribution in [0.5, 0.6) is 23.0 Å². The van der Waals surface area contributed by atoms with Gasteiger partial charge in [-0.25, -0.2) is 0 Å². The van der Waals surface area contributed by atoms with Crippen molar-refractivity contribution >= 4 is 22.9 Å². The van der Waals surface area contributed by atoms with Crippen LogP contribution in [0.4, 0.5) is 0 Å². The highest BCUT2D eigenvalue weighted by Crippen LogP contribution is 2.52. The van der Waals surface area contributed by atoms with E-state index in [0.717, 1.165) is 23.2 Å². The predicted molar refractivity (Wildman–Crippen MR) is 158 cm³/mol. The molecule has 0 bridgehead atoms. The van der Waals surface area contributed by atoms with E-state index in [1.54, 1.807) is 20.3 Å². The second kappa shape index (κ2) is 10.7. The maximum Gasteiger partial charge on any atom is 0.250 e. The molecule has 1 heterocycles. The highest BCUT2D eigenvalue weighted by atomic mass is 28.4. The second-order valence-corrected chi connectivity index (χ2v) is 22.8. The molecule has 0 unspecified atom stereocenters. The van der Waals surface area contributed by atoms with Crippen LogP contribution in [-0.4, -0.2) is 43.7 Å². The molecule has 8 heteroatoms. The summed E-state index contributed by atoms with van der Waals surface area (Å²) in [7, 11) is -0.833. The van der Waals surface area contributed by atoms with Crippen molar-refractivity contribution in [3.05, 3.63) is 47.0 Å². The van der Waals surface area contributed by atoms with Gasteiger partial charge in [-0.2, -0.15) is 0 Å². The van der Waals surface area contributed by atoms with Crippen LogP contribution in [-0.2, 0) is 4.43 Å². The molecule has 3 rings (SSSR count). The Bertz CT molecular complexity index is 1160. The molecule has 0 aliphatic carbocycles. The zero-order valence-corrected chi connectivity index (χ0v) is 27.3. The van der Waals surface area contributed by atoms with E-state index in [9.17, 15) is 4.79 Å². The van der Waals surface area contributed by atoms with Gasteiger partial charge in [-0.3, -0.25) is 4.79 Å². The molecule has 0 fully saturated rings. The largest absolute Gasteiger partial charge is 0.541 e. The molecule has 6 nitrogen and oxygen atoms in total. The Balaban J connectivity index is 2.05. The smallest absolute Gasteiger partial charge is 0.250 e. The van der Waals surface area contributed by atoms with Crippen molar-refractivity contribution in [2.45, 2.75) is 89.8 Å². The Morgan fingerprint density at radius 3 is 1.97 bits per heavy atom. The number of hydrogen-bond acceptors (Lipinski definition) is 6. The molecule has 2 aromatic carbocycles. The van der Waals surface area contributed by atoms with Crippen molar-refractivity contribution in [1.82, 2.24) is 0 Å². The van der Waals surface area contributed by atoms with E-state index in [-0.39, 0.29) is 22.1 Å². The molecule has 1 aliphatic heterocycles. The number of benzene rings is 2. The van der Waals surface area contributed by atoms with E-state index in [1.165, 1.54) is 0 Å². The van der Waals surface area contributed by atoms with E-state index in [0.29, 0.717) is 29.4 Å². The third-order valence-electron chi connectivity index (χ3n) is 8.59. The van der Waals surface area contributed by atoms with Gasteiger partial charge in [0.05, 0.1) is 20.1 Å². The van der Waals surface area contributed by atoms with Crippen LogP contribution in [0.1, 0.15) is 75.0 Å². The quantitative estimate of drug-likeness (QED) is 0.229. The van der Waals surface area contributed by atoms with Gasteiger partial charge >= 0.3 is 0 Å². The van der Waals surface area contributed by atoms with Crippen molar-refractivity contribution in [2.24, 2.45) is 0 Å². The molecule has 0 radical (unpaired) electrons. The lowest BCUT2D eigenvalue weighted by molar-refractivity contribution is 0.112. The molecule has 210 valence electrons. The van der Waals surface area contributed by atoms with Gasteiger partial charge in [-0.1, -0.05) is 47.6 Å². The lowest BCUT2D eigenvalue weighted by Gasteiger charge is -2.37. The number of carbonyl (C=O) groups is 1. The van der Waals surface area contributed by atoms with Crippen molar-refractivity contribution in [2.75, 3.05) is 20.8 Å². The zero-order valence-electron chi connectivity index (χ0n) is 25.3. The molecular weight excluding hydrogens is 512 g/mol. The summed E-state index contributed by atoms with van der Waals surface area (Å²) >= 11 is 0. The molecule has 0 spiro atoms. The number of hydrogen-bond donors (Lipinski definition) is 0. The standard InChI is InChI=1S/C30H46O6Si2/c1-29(2,3)37(9,10)34-19-23-22-15-20(18-31)16-26(33-8)28(22)35-27(23)21-13-14-24(25(17-21)32-7)36-38(11,12)30(4,5)6/h13-18,23,27H,19H2,1-12H3/t23-,27+/m0/s1. The van der Waals surface area contributed by atoms with Crippen LogP contribution in [0.15, 0.2) is 30.3 Å². The van der Waals surface area contributed by atoms with E-state index >= 15 is 0 Å². The first-order chi connectivity index (χ1) is 17.5. The fourth-order valence-corrected chi connectivity index (χ4v) is 6.06. The van der Waals surface area contributed by atoms with E-state index in [4.69, 9.17) is 23.1 Å². The summed E-state index contributed by atoms with van der Waals surface area (Å²) in [4.78, 5) is 11.7. The number of aldehydes is 1. The Kier molecular flexibility index (Phi) is 8.52. The Morgan fingerprint density at radius 2 is 1.45 bits per heavy atom. The summed E-state index contributed by atoms with van der Waals surface area (Å²) in [6.07, 6.45) is 0.513. The van der Waals surface area contributed by atoms with E-state index in [2.05, 4.69) is 67.7 Å². The van der Waals surface area contributed by atoms with Crippen LogP contribution < -0.4 is 18.6 Å². The summed E-state index contributed by atoms with van der Waals surface area (Å²) in [6, 6.07) is 9.66. The van der Waals surface area contributed by atoms with Gasteiger partial charge < -0.3 is 23.1 Å². The van der Waals surface area contributed by atoms with Crippen LogP contribution in [0, 0.1) is 0 Å². The minimum absolute atomic E-state index is 0.0614. The van der Waals surface area contributed by atoms with Crippen molar-refractivity contribution in [1.29, 1.82) is 0 Å². The fraction of sp³-hybridized carbons (Fsp3) is 0.567. The van der Waals surface area contributed by atoms with Crippen LogP contribution in [0.25, 0.3) is 0 Å². The highest BCUT2D eigenvalue weighted by Gasteiger charge is 2.43. The summed E-state index contributed by atoms with van der Waals surface area (Å²) in [5.41, 5.74) is 2.44. The summed E-state index contributed by atoms with van der Waals surface area (Å²) in [5, 5.41) is 0.130. The monoisotopic (exact) mass is 558 g/mol. The molecule has 0 saturated carbocycles. The Labute approximate surface area is 231 Å². The number of ether oxygens (including phenoxy) is 3. The van der Waals surface area contributed by atoms with E-state index < -0.39 is 16.6 Å². The van der Waals surface area contributed by atoms with Gasteiger partial charge in [0.15, 0.2) is 25.6 Å². The number of methoxy groups -OCH3 is 2. The van der Waals surface area contributed by atoms with Crippen LogP contribution in [0.3, 0.4) is 0 Å². The first kappa shape index (κ1) is 30.2. The average molecular weight is 559 g/mol. The minimum Gasteiger partial charge on any atom is -0.541 e. The second-order valence-electron chi connectivity index (χ2n) is 13.2. The zero-order chi connectivity index (χ0) is 28.7. The van der Waals surface area contributed by atoms with Gasteiger partial charge in [0.25, 0.3) is 8.32 Å². The van der Waals surface area contributed by atoms with Crippen molar-refractivity contribution in [3.8, 4) is 23.0 Å². The molecular formula is C30H46O6Si2. The Hall–Kier alpha value is -2.30. The molecule has 2 aromatic rings. The van der Waals surface area contributed by atoms with E-state index in [1.807, 2.05) is 24.3 Å². The molecule has 0 aromatic heterocycles. The summed E-state index contributed by atoms with van der Waals surface area (Å²) in [5.74, 6) is 2.51. The number of fused-ring (bicyclic) bond motifs is 1. The van der Waals surface area contributed by atoms with Gasteiger partial charge in [0, 0.05) is 17.7 Å². The van der Waals surface area contributed by atoms with Gasteiger partial charge in [-0.15, -0.1) is 0 Å². The average Bonchev–Trinajstić information content (AvgIpc) is 3.19. The maximum atomic E-state index is 11.7. The van der Waals surface area contributed by atoms with Crippen LogP contribution >= 0.6 is 0 Å². The van der Waals surface area contributed by atoms with Gasteiger partial charge in [0.1, 0.15) is 18.1 Å². The lowest BCUT2D eigenvalue weighted by atomic mass is 9.90. The van der Waals surface area contributed by atoms with Crippen molar-refractivity contribution < 1.29 is 27.9 Å². The number of rotatable bonds is 9. The molecule has 0 N–H and O–H groups in total. The fourth-order valence-electron chi connectivity index (χ4n) is 4.00. The predicted octanol–water partition coefficient (Wildman–Crippen LogP) is 8.14. The first-order valence-electron chi connectivity index (χ1n) is 13.3. The molecule has 0 saturated heterocycles. The van der Waals surface area contributed by atoms with Gasteiger partial charge in [-0.05, 0) is 66.1 Å². The van der Waals surface area contributed by atoms with Crippen LogP contribution in [0.2, 0.25) is 36.3 Å². The third-order valence-corrected chi connectivity index (χ3v) is 17.4. The Morgan fingerprint density at radius 1 is 0.842 bits per heavy atom. The molecule has 38 heavy (non-hydrogen) atoms. The maximum absolute atomic E-state index is 11.7. The third kappa shape index (κ3) is 5.97. The van der Waals surface area contributed by atoms with Crippen molar-refractivity contribution in [3.63, 3.8) is 0 Å². The molecule has 2 atom stereocenters. The molecule has 1 aliphatic rings. The topological polar surface area (TPSA) is 63.2 Å². The minimum atomic E-state index is -2.06. The highest BCUT2D eigenvalue weighted by molar-refractivity contribution is 6.75. The van der Waals surface area contributed by atoms with Gasteiger partial charge in [0.2, 0.25) is 0 Å². The SMILES string of the molecule is COc1cc([C@H]2Oc3c(OC)cc(C=O)cc3[C@@H]2CO[Si](C)(C)C(C)(C)C)ccc1O[Si](C)(C)C(C)(C)C. The molecule has 0 amide bonds. The summed E-state index contributed by atoms with van der Waals surface area (Å²) < 4.78 is 31.3. The number of carbonyl (C=O) groups excluding carboxylic acids is 1. The first-order valence-corrected chi connectivity index (χ1v) is 19.1.